The molecular formula is C20H22ClFN2O2. The van der Waals surface area contributed by atoms with Crippen molar-refractivity contribution in [3.8, 4) is 0 Å². The van der Waals surface area contributed by atoms with Crippen molar-refractivity contribution in [1.29, 1.82) is 0 Å². The third kappa shape index (κ3) is 5.05. The molecule has 2 amide bonds. The number of amides is 2. The summed E-state index contributed by atoms with van der Waals surface area (Å²) in [5, 5.41) is 2.92. The van der Waals surface area contributed by atoms with Crippen LogP contribution in [-0.2, 0) is 22.6 Å². The average molecular weight is 377 g/mol. The molecule has 2 aromatic rings. The van der Waals surface area contributed by atoms with E-state index in [0.717, 1.165) is 5.56 Å². The van der Waals surface area contributed by atoms with Crippen molar-refractivity contribution in [2.45, 2.75) is 32.9 Å². The van der Waals surface area contributed by atoms with Gasteiger partial charge in [0, 0.05) is 23.7 Å². The molecule has 6 heteroatoms. The molecule has 0 radical (unpaired) electrons. The summed E-state index contributed by atoms with van der Waals surface area (Å²) in [5.74, 6) is -1.15. The molecule has 138 valence electrons. The lowest BCUT2D eigenvalue weighted by molar-refractivity contribution is -0.140. The monoisotopic (exact) mass is 376 g/mol. The van der Waals surface area contributed by atoms with Crippen molar-refractivity contribution in [2.24, 2.45) is 0 Å². The number of hydrogen-bond acceptors (Lipinski definition) is 2. The molecule has 0 aliphatic heterocycles. The van der Waals surface area contributed by atoms with Crippen LogP contribution in [0, 0.1) is 5.82 Å². The first-order valence-corrected chi connectivity index (χ1v) is 8.85. The fraction of sp³-hybridized carbons (Fsp3) is 0.300. The zero-order chi connectivity index (χ0) is 19.1. The molecule has 0 aromatic heterocycles. The molecule has 0 heterocycles. The molecule has 26 heavy (non-hydrogen) atoms. The summed E-state index contributed by atoms with van der Waals surface area (Å²) >= 11 is 6.04. The Bertz CT molecular complexity index is 747. The van der Waals surface area contributed by atoms with Crippen molar-refractivity contribution in [3.05, 3.63) is 70.5 Å². The quantitative estimate of drug-likeness (QED) is 0.803. The number of carbonyl (C=O) groups is 2. The lowest BCUT2D eigenvalue weighted by Gasteiger charge is -2.29. The maximum atomic E-state index is 14.0. The van der Waals surface area contributed by atoms with Gasteiger partial charge in [0.25, 0.3) is 0 Å². The Balaban J connectivity index is 2.26. The van der Waals surface area contributed by atoms with Crippen LogP contribution in [0.4, 0.5) is 4.39 Å². The minimum Gasteiger partial charge on any atom is -0.355 e. The first kappa shape index (κ1) is 19.9. The van der Waals surface area contributed by atoms with E-state index in [-0.39, 0.29) is 35.4 Å². The van der Waals surface area contributed by atoms with Crippen LogP contribution in [0.5, 0.6) is 0 Å². The molecule has 0 aliphatic carbocycles. The van der Waals surface area contributed by atoms with E-state index in [9.17, 15) is 14.0 Å². The summed E-state index contributed by atoms with van der Waals surface area (Å²) < 4.78 is 14.0. The van der Waals surface area contributed by atoms with Crippen LogP contribution in [-0.4, -0.2) is 29.3 Å². The summed E-state index contributed by atoms with van der Waals surface area (Å²) in [6.45, 7) is 4.20. The number of carbonyl (C=O) groups excluding carboxylic acids is 2. The molecule has 0 fully saturated rings. The van der Waals surface area contributed by atoms with Gasteiger partial charge in [-0.05, 0) is 31.5 Å². The normalized spacial score (nSPS) is 11.7. The number of benzene rings is 2. The maximum absolute atomic E-state index is 14.0. The van der Waals surface area contributed by atoms with Crippen LogP contribution < -0.4 is 5.32 Å². The second-order valence-electron chi connectivity index (χ2n) is 5.95. The van der Waals surface area contributed by atoms with Crippen LogP contribution >= 0.6 is 11.6 Å². The van der Waals surface area contributed by atoms with Gasteiger partial charge in [0.05, 0.1) is 6.42 Å². The van der Waals surface area contributed by atoms with Gasteiger partial charge in [-0.3, -0.25) is 9.59 Å². The van der Waals surface area contributed by atoms with Gasteiger partial charge < -0.3 is 10.2 Å². The van der Waals surface area contributed by atoms with E-state index in [1.165, 1.54) is 17.0 Å². The summed E-state index contributed by atoms with van der Waals surface area (Å²) in [4.78, 5) is 26.6. The van der Waals surface area contributed by atoms with Crippen molar-refractivity contribution in [2.75, 3.05) is 6.54 Å². The Morgan fingerprint density at radius 1 is 1.15 bits per heavy atom. The molecule has 0 unspecified atom stereocenters. The molecule has 0 bridgehead atoms. The Kier molecular flexibility index (Phi) is 7.16. The molecule has 4 nitrogen and oxygen atoms in total. The summed E-state index contributed by atoms with van der Waals surface area (Å²) in [7, 11) is 0. The van der Waals surface area contributed by atoms with Gasteiger partial charge in [-0.2, -0.15) is 0 Å². The molecule has 1 N–H and O–H groups in total. The Labute approximate surface area is 158 Å². The standard InChI is InChI=1S/C20H22ClFN2O2/c1-3-23-20(26)14(2)24(13-15-8-5-4-6-9-15)19(25)12-16-17(21)10-7-11-18(16)22/h4-11,14H,3,12-13H2,1-2H3,(H,23,26)/t14-/m1/s1. The van der Waals surface area contributed by atoms with Crippen molar-refractivity contribution >= 4 is 23.4 Å². The van der Waals surface area contributed by atoms with Gasteiger partial charge in [0.2, 0.25) is 11.8 Å². The third-order valence-electron chi connectivity index (χ3n) is 4.10. The van der Waals surface area contributed by atoms with Crippen LogP contribution in [0.2, 0.25) is 5.02 Å². The predicted octanol–water partition coefficient (Wildman–Crippen LogP) is 3.58. The lowest BCUT2D eigenvalue weighted by atomic mass is 10.1. The van der Waals surface area contributed by atoms with Gasteiger partial charge in [0.1, 0.15) is 11.9 Å². The number of nitrogens with zero attached hydrogens (tertiary/aromatic N) is 1. The molecule has 0 saturated carbocycles. The van der Waals surface area contributed by atoms with Crippen LogP contribution in [0.25, 0.3) is 0 Å². The highest BCUT2D eigenvalue weighted by Gasteiger charge is 2.27. The summed E-state index contributed by atoms with van der Waals surface area (Å²) in [6.07, 6.45) is -0.206. The van der Waals surface area contributed by atoms with E-state index in [1.54, 1.807) is 13.0 Å². The number of halogens is 2. The van der Waals surface area contributed by atoms with E-state index in [1.807, 2.05) is 37.3 Å². The van der Waals surface area contributed by atoms with Gasteiger partial charge in [0.15, 0.2) is 0 Å². The number of nitrogens with one attached hydrogen (secondary N) is 1. The molecule has 0 saturated heterocycles. The average Bonchev–Trinajstić information content (AvgIpc) is 2.63. The van der Waals surface area contributed by atoms with E-state index in [0.29, 0.717) is 6.54 Å². The van der Waals surface area contributed by atoms with E-state index in [4.69, 9.17) is 11.6 Å². The molecule has 2 aromatic carbocycles. The lowest BCUT2D eigenvalue weighted by Crippen LogP contribution is -2.48. The van der Waals surface area contributed by atoms with Crippen molar-refractivity contribution < 1.29 is 14.0 Å². The topological polar surface area (TPSA) is 49.4 Å². The van der Waals surface area contributed by atoms with Crippen LogP contribution in [0.1, 0.15) is 25.0 Å². The zero-order valence-electron chi connectivity index (χ0n) is 14.8. The maximum Gasteiger partial charge on any atom is 0.242 e. The first-order valence-electron chi connectivity index (χ1n) is 8.48. The largest absolute Gasteiger partial charge is 0.355 e. The summed E-state index contributed by atoms with van der Waals surface area (Å²) in [6, 6.07) is 13.0. The predicted molar refractivity (Wildman–Crippen MR) is 100 cm³/mol. The Morgan fingerprint density at radius 2 is 1.85 bits per heavy atom. The minimum absolute atomic E-state index is 0.139. The highest BCUT2D eigenvalue weighted by atomic mass is 35.5. The Hall–Kier alpha value is -2.40. The van der Waals surface area contributed by atoms with E-state index < -0.39 is 11.9 Å². The fourth-order valence-corrected chi connectivity index (χ4v) is 2.87. The number of hydrogen-bond donors (Lipinski definition) is 1. The smallest absolute Gasteiger partial charge is 0.242 e. The Morgan fingerprint density at radius 3 is 2.46 bits per heavy atom. The third-order valence-corrected chi connectivity index (χ3v) is 4.46. The van der Waals surface area contributed by atoms with Gasteiger partial charge in [-0.1, -0.05) is 48.0 Å². The molecule has 0 aliphatic rings. The zero-order valence-corrected chi connectivity index (χ0v) is 15.6. The van der Waals surface area contributed by atoms with Crippen molar-refractivity contribution in [1.82, 2.24) is 10.2 Å². The second kappa shape index (κ2) is 9.34. The minimum atomic E-state index is -0.687. The molecule has 1 atom stereocenters. The number of rotatable bonds is 7. The van der Waals surface area contributed by atoms with Gasteiger partial charge in [-0.15, -0.1) is 0 Å². The fourth-order valence-electron chi connectivity index (χ4n) is 2.64. The van der Waals surface area contributed by atoms with Gasteiger partial charge >= 0.3 is 0 Å². The van der Waals surface area contributed by atoms with Gasteiger partial charge in [-0.25, -0.2) is 4.39 Å². The molecular weight excluding hydrogens is 355 g/mol. The molecule has 2 rings (SSSR count). The highest BCUT2D eigenvalue weighted by Crippen LogP contribution is 2.21. The van der Waals surface area contributed by atoms with Crippen LogP contribution in [0.3, 0.4) is 0 Å². The van der Waals surface area contributed by atoms with E-state index >= 15 is 0 Å². The SMILES string of the molecule is CCNC(=O)[C@@H](C)N(Cc1ccccc1)C(=O)Cc1c(F)cccc1Cl. The second-order valence-corrected chi connectivity index (χ2v) is 6.36. The van der Waals surface area contributed by atoms with E-state index in [2.05, 4.69) is 5.32 Å². The molecule has 0 spiro atoms. The highest BCUT2D eigenvalue weighted by molar-refractivity contribution is 6.31. The van der Waals surface area contributed by atoms with Crippen molar-refractivity contribution in [3.63, 3.8) is 0 Å². The summed E-state index contributed by atoms with van der Waals surface area (Å²) in [5.41, 5.74) is 1.02. The van der Waals surface area contributed by atoms with Crippen LogP contribution in [0.15, 0.2) is 48.5 Å². The first-order chi connectivity index (χ1) is 12.4. The number of likely N-dealkylation sites (N-methyl/N-ethyl adjacent to an activating group) is 1.